The molecule has 130 valence electrons. The number of imide groups is 1. The topological polar surface area (TPSA) is 40.6 Å². The van der Waals surface area contributed by atoms with Gasteiger partial charge in [-0.05, 0) is 44.1 Å². The zero-order valence-electron chi connectivity index (χ0n) is 12.8. The number of benzene rings is 1. The fraction of sp³-hybridized carbons (Fsp3) is 0.500. The first-order chi connectivity index (χ1) is 11.3. The van der Waals surface area contributed by atoms with Gasteiger partial charge in [0.1, 0.15) is 0 Å². The Morgan fingerprint density at radius 2 is 1.75 bits per heavy atom. The smallest absolute Gasteiger partial charge is 0.292 e. The van der Waals surface area contributed by atoms with Gasteiger partial charge in [-0.15, -0.1) is 0 Å². The molecule has 2 amide bonds. The average Bonchev–Trinajstić information content (AvgIpc) is 2.83. The number of carbonyl (C=O) groups excluding carboxylic acids is 2. The van der Waals surface area contributed by atoms with Gasteiger partial charge in [0.25, 0.3) is 5.91 Å². The summed E-state index contributed by atoms with van der Waals surface area (Å²) in [6, 6.07) is 2.05. The van der Waals surface area contributed by atoms with Gasteiger partial charge in [-0.2, -0.15) is 13.2 Å². The molecular weight excluding hydrogens is 345 g/mol. The van der Waals surface area contributed by atoms with Crippen LogP contribution < -0.4 is 4.90 Å². The molecule has 24 heavy (non-hydrogen) atoms. The lowest BCUT2D eigenvalue weighted by molar-refractivity contribution is -0.137. The first kappa shape index (κ1) is 17.2. The van der Waals surface area contributed by atoms with E-state index in [4.69, 9.17) is 11.6 Å². The summed E-state index contributed by atoms with van der Waals surface area (Å²) in [5, 5.41) is -0.0519. The molecule has 0 aromatic heterocycles. The summed E-state index contributed by atoms with van der Waals surface area (Å²) in [5.74, 6) is -1.01. The van der Waals surface area contributed by atoms with Gasteiger partial charge in [-0.1, -0.05) is 18.0 Å². The average molecular weight is 361 g/mol. The normalized spacial score (nSPS) is 23.2. The van der Waals surface area contributed by atoms with Crippen LogP contribution in [0.4, 0.5) is 18.9 Å². The third kappa shape index (κ3) is 3.15. The highest BCUT2D eigenvalue weighted by Gasteiger charge is 2.44. The van der Waals surface area contributed by atoms with Crippen molar-refractivity contribution >= 4 is 29.1 Å². The summed E-state index contributed by atoms with van der Waals surface area (Å²) in [6.07, 6.45) is -1.62. The molecule has 2 heterocycles. The highest BCUT2D eigenvalue weighted by molar-refractivity contribution is 6.36. The van der Waals surface area contributed by atoms with Crippen molar-refractivity contribution in [1.29, 1.82) is 0 Å². The van der Waals surface area contributed by atoms with Crippen molar-refractivity contribution in [3.05, 3.63) is 28.8 Å². The minimum absolute atomic E-state index is 0.0224. The molecular formula is C16H16ClF3N2O2. The number of piperidine rings is 1. The zero-order valence-corrected chi connectivity index (χ0v) is 13.5. The number of carbonyl (C=O) groups is 2. The molecule has 8 heteroatoms. The summed E-state index contributed by atoms with van der Waals surface area (Å²) < 4.78 is 38.7. The Labute approximate surface area is 142 Å². The molecule has 0 unspecified atom stereocenters. The number of anilines is 1. The maximum atomic E-state index is 12.9. The van der Waals surface area contributed by atoms with E-state index in [1.807, 2.05) is 4.90 Å². The number of hydrogen-bond acceptors (Lipinski definition) is 3. The summed E-state index contributed by atoms with van der Waals surface area (Å²) in [7, 11) is 0. The van der Waals surface area contributed by atoms with Crippen LogP contribution in [0.3, 0.4) is 0 Å². The van der Waals surface area contributed by atoms with E-state index in [0.717, 1.165) is 42.4 Å². The summed E-state index contributed by atoms with van der Waals surface area (Å²) in [6.45, 7) is 1.43. The van der Waals surface area contributed by atoms with E-state index >= 15 is 0 Å². The van der Waals surface area contributed by atoms with Crippen LogP contribution in [0, 0.1) is 0 Å². The number of rotatable bonds is 2. The molecule has 0 bridgehead atoms. The maximum Gasteiger partial charge on any atom is 0.416 e. The molecule has 1 aromatic carbocycles. The maximum absolute atomic E-state index is 12.9. The van der Waals surface area contributed by atoms with Crippen molar-refractivity contribution in [3.63, 3.8) is 0 Å². The van der Waals surface area contributed by atoms with Gasteiger partial charge >= 0.3 is 6.18 Å². The molecule has 3 rings (SSSR count). The van der Waals surface area contributed by atoms with Gasteiger partial charge in [0.05, 0.1) is 28.7 Å². The molecule has 2 aliphatic heterocycles. The lowest BCUT2D eigenvalue weighted by atomic mass is 10.1. The number of nitrogens with zero attached hydrogens (tertiary/aromatic N) is 2. The quantitative estimate of drug-likeness (QED) is 0.758. The van der Waals surface area contributed by atoms with Crippen LogP contribution in [0.2, 0.25) is 5.02 Å². The van der Waals surface area contributed by atoms with Crippen molar-refractivity contribution in [2.75, 3.05) is 18.0 Å². The Bertz CT molecular complexity index is 672. The number of alkyl halides is 3. The predicted octanol–water partition coefficient (Wildman–Crippen LogP) is 3.48. The Balaban J connectivity index is 1.91. The second kappa shape index (κ2) is 6.37. The largest absolute Gasteiger partial charge is 0.416 e. The minimum Gasteiger partial charge on any atom is -0.292 e. The standard InChI is InChI=1S/C16H16ClF3N2O2/c17-11-5-4-10(16(18,19)20)8-12(11)22-14(23)9-13(15(22)24)21-6-2-1-3-7-21/h4-5,8,13H,1-3,6-7,9H2/t13-/m0/s1. The van der Waals surface area contributed by atoms with E-state index in [1.165, 1.54) is 0 Å². The second-order valence-electron chi connectivity index (χ2n) is 6.05. The molecule has 2 saturated heterocycles. The predicted molar refractivity (Wildman–Crippen MR) is 82.8 cm³/mol. The highest BCUT2D eigenvalue weighted by Crippen LogP contribution is 2.37. The molecule has 0 N–H and O–H groups in total. The molecule has 2 aliphatic rings. The molecule has 0 spiro atoms. The molecule has 2 fully saturated rings. The minimum atomic E-state index is -4.57. The van der Waals surface area contributed by atoms with Crippen LogP contribution in [-0.2, 0) is 15.8 Å². The third-order valence-corrected chi connectivity index (χ3v) is 4.79. The van der Waals surface area contributed by atoms with E-state index in [2.05, 4.69) is 0 Å². The fourth-order valence-electron chi connectivity index (χ4n) is 3.24. The van der Waals surface area contributed by atoms with Crippen molar-refractivity contribution < 1.29 is 22.8 Å². The van der Waals surface area contributed by atoms with Gasteiger partial charge in [0.15, 0.2) is 0 Å². The van der Waals surface area contributed by atoms with Gasteiger partial charge in [0.2, 0.25) is 5.91 Å². The Kier molecular flexibility index (Phi) is 4.57. The first-order valence-electron chi connectivity index (χ1n) is 7.76. The number of hydrogen-bond donors (Lipinski definition) is 0. The monoisotopic (exact) mass is 360 g/mol. The Morgan fingerprint density at radius 1 is 1.08 bits per heavy atom. The van der Waals surface area contributed by atoms with Crippen LogP contribution in [0.1, 0.15) is 31.2 Å². The second-order valence-corrected chi connectivity index (χ2v) is 6.46. The zero-order chi connectivity index (χ0) is 17.5. The number of amides is 2. The van der Waals surface area contributed by atoms with E-state index in [-0.39, 0.29) is 17.1 Å². The van der Waals surface area contributed by atoms with Crippen molar-refractivity contribution in [2.24, 2.45) is 0 Å². The van der Waals surface area contributed by atoms with E-state index < -0.39 is 29.6 Å². The molecule has 0 saturated carbocycles. The van der Waals surface area contributed by atoms with E-state index in [9.17, 15) is 22.8 Å². The summed E-state index contributed by atoms with van der Waals surface area (Å²) >= 11 is 5.96. The van der Waals surface area contributed by atoms with Gasteiger partial charge < -0.3 is 0 Å². The van der Waals surface area contributed by atoms with Crippen LogP contribution >= 0.6 is 11.6 Å². The highest BCUT2D eigenvalue weighted by atomic mass is 35.5. The molecule has 4 nitrogen and oxygen atoms in total. The SMILES string of the molecule is O=C1C[C@H](N2CCCCC2)C(=O)N1c1cc(C(F)(F)F)ccc1Cl. The number of likely N-dealkylation sites (tertiary alicyclic amines) is 1. The Hall–Kier alpha value is -1.60. The van der Waals surface area contributed by atoms with E-state index in [0.29, 0.717) is 13.1 Å². The van der Waals surface area contributed by atoms with Crippen molar-refractivity contribution in [1.82, 2.24) is 4.90 Å². The molecule has 0 radical (unpaired) electrons. The Morgan fingerprint density at radius 3 is 2.38 bits per heavy atom. The van der Waals surface area contributed by atoms with Crippen LogP contribution in [-0.4, -0.2) is 35.8 Å². The van der Waals surface area contributed by atoms with Gasteiger partial charge in [0, 0.05) is 0 Å². The number of halogens is 4. The van der Waals surface area contributed by atoms with Crippen LogP contribution in [0.25, 0.3) is 0 Å². The van der Waals surface area contributed by atoms with Gasteiger partial charge in [-0.3, -0.25) is 14.5 Å². The molecule has 0 aliphatic carbocycles. The van der Waals surface area contributed by atoms with Crippen molar-refractivity contribution in [2.45, 2.75) is 37.9 Å². The lowest BCUT2D eigenvalue weighted by Gasteiger charge is -2.30. The summed E-state index contributed by atoms with van der Waals surface area (Å²) in [4.78, 5) is 27.7. The van der Waals surface area contributed by atoms with Crippen LogP contribution in [0.15, 0.2) is 18.2 Å². The van der Waals surface area contributed by atoms with Gasteiger partial charge in [-0.25, -0.2) is 4.90 Å². The summed E-state index contributed by atoms with van der Waals surface area (Å²) in [5.41, 5.74) is -1.13. The third-order valence-electron chi connectivity index (χ3n) is 4.47. The fourth-order valence-corrected chi connectivity index (χ4v) is 3.45. The van der Waals surface area contributed by atoms with Crippen molar-refractivity contribution in [3.8, 4) is 0 Å². The van der Waals surface area contributed by atoms with E-state index in [1.54, 1.807) is 0 Å². The molecule has 1 aromatic rings. The van der Waals surface area contributed by atoms with Crippen LogP contribution in [0.5, 0.6) is 0 Å². The lowest BCUT2D eigenvalue weighted by Crippen LogP contribution is -2.44. The molecule has 1 atom stereocenters. The first-order valence-corrected chi connectivity index (χ1v) is 8.14.